The first-order valence-corrected chi connectivity index (χ1v) is 4.00. The van der Waals surface area contributed by atoms with Crippen LogP contribution < -0.4 is 5.73 Å². The molecular formula is C10H13NO. The summed E-state index contributed by atoms with van der Waals surface area (Å²) in [5, 5.41) is 0. The Labute approximate surface area is 72.4 Å². The van der Waals surface area contributed by atoms with Crippen molar-refractivity contribution in [1.29, 1.82) is 0 Å². The standard InChI is InChI=1S/C10H13NO/c1-8-6-9(7-11)2-3-10(8)4-5-12/h2-3,5-6H,4,7,11H2,1H3. The van der Waals surface area contributed by atoms with E-state index in [4.69, 9.17) is 5.73 Å². The zero-order valence-electron chi connectivity index (χ0n) is 7.21. The second-order valence-corrected chi connectivity index (χ2v) is 2.84. The van der Waals surface area contributed by atoms with Gasteiger partial charge in [-0.15, -0.1) is 0 Å². The summed E-state index contributed by atoms with van der Waals surface area (Å²) in [5.74, 6) is 0. The molecule has 2 N–H and O–H groups in total. The molecule has 1 aromatic carbocycles. The van der Waals surface area contributed by atoms with Crippen molar-refractivity contribution in [2.24, 2.45) is 5.73 Å². The normalized spacial score (nSPS) is 9.83. The first-order valence-electron chi connectivity index (χ1n) is 4.00. The number of carbonyl (C=O) groups is 1. The summed E-state index contributed by atoms with van der Waals surface area (Å²) in [7, 11) is 0. The number of rotatable bonds is 3. The Morgan fingerprint density at radius 3 is 2.75 bits per heavy atom. The number of nitrogens with two attached hydrogens (primary N) is 1. The van der Waals surface area contributed by atoms with Crippen molar-refractivity contribution in [2.45, 2.75) is 19.9 Å². The summed E-state index contributed by atoms with van der Waals surface area (Å²) in [6.07, 6.45) is 1.42. The minimum absolute atomic E-state index is 0.497. The number of hydrogen-bond acceptors (Lipinski definition) is 2. The third-order valence-corrected chi connectivity index (χ3v) is 1.95. The van der Waals surface area contributed by atoms with E-state index in [1.165, 1.54) is 0 Å². The molecule has 0 saturated heterocycles. The highest BCUT2D eigenvalue weighted by atomic mass is 16.1. The van der Waals surface area contributed by atoms with Crippen molar-refractivity contribution in [3.05, 3.63) is 34.9 Å². The zero-order valence-corrected chi connectivity index (χ0v) is 7.21. The Bertz CT molecular complexity index is 281. The predicted molar refractivity (Wildman–Crippen MR) is 48.8 cm³/mol. The van der Waals surface area contributed by atoms with E-state index in [0.29, 0.717) is 13.0 Å². The highest BCUT2D eigenvalue weighted by Gasteiger charge is 1.97. The van der Waals surface area contributed by atoms with Gasteiger partial charge in [-0.05, 0) is 23.6 Å². The SMILES string of the molecule is Cc1cc(CN)ccc1CC=O. The van der Waals surface area contributed by atoms with Gasteiger partial charge in [-0.3, -0.25) is 0 Å². The van der Waals surface area contributed by atoms with Crippen LogP contribution in [0.5, 0.6) is 0 Å². The molecule has 2 heteroatoms. The molecule has 0 aromatic heterocycles. The summed E-state index contributed by atoms with van der Waals surface area (Å²) < 4.78 is 0. The zero-order chi connectivity index (χ0) is 8.97. The smallest absolute Gasteiger partial charge is 0.124 e. The van der Waals surface area contributed by atoms with E-state index in [-0.39, 0.29) is 0 Å². The molecule has 0 aliphatic rings. The Morgan fingerprint density at radius 2 is 2.25 bits per heavy atom. The fourth-order valence-corrected chi connectivity index (χ4v) is 1.20. The highest BCUT2D eigenvalue weighted by molar-refractivity contribution is 5.56. The molecule has 0 unspecified atom stereocenters. The average Bonchev–Trinajstić information content (AvgIpc) is 2.09. The molecule has 0 bridgehead atoms. The van der Waals surface area contributed by atoms with Crippen LogP contribution in [0.2, 0.25) is 0 Å². The van der Waals surface area contributed by atoms with E-state index in [1.807, 2.05) is 25.1 Å². The first-order chi connectivity index (χ1) is 5.77. The molecule has 12 heavy (non-hydrogen) atoms. The van der Waals surface area contributed by atoms with Crippen LogP contribution in [0.15, 0.2) is 18.2 Å². The van der Waals surface area contributed by atoms with Gasteiger partial charge in [0.15, 0.2) is 0 Å². The van der Waals surface area contributed by atoms with Crippen LogP contribution in [-0.4, -0.2) is 6.29 Å². The van der Waals surface area contributed by atoms with Gasteiger partial charge in [0.1, 0.15) is 6.29 Å². The predicted octanol–water partition coefficient (Wildman–Crippen LogP) is 1.20. The maximum absolute atomic E-state index is 10.3. The van der Waals surface area contributed by atoms with Crippen molar-refractivity contribution in [3.8, 4) is 0 Å². The third kappa shape index (κ3) is 1.92. The Morgan fingerprint density at radius 1 is 1.50 bits per heavy atom. The summed E-state index contributed by atoms with van der Waals surface area (Å²) in [4.78, 5) is 10.3. The lowest BCUT2D eigenvalue weighted by molar-refractivity contribution is -0.107. The number of benzene rings is 1. The molecule has 0 aliphatic heterocycles. The van der Waals surface area contributed by atoms with Crippen molar-refractivity contribution in [1.82, 2.24) is 0 Å². The summed E-state index contributed by atoms with van der Waals surface area (Å²) in [6, 6.07) is 5.95. The molecule has 0 amide bonds. The van der Waals surface area contributed by atoms with E-state index in [0.717, 1.165) is 23.0 Å². The minimum atomic E-state index is 0.497. The second kappa shape index (κ2) is 4.02. The fourth-order valence-electron chi connectivity index (χ4n) is 1.20. The van der Waals surface area contributed by atoms with Gasteiger partial charge in [0.05, 0.1) is 0 Å². The van der Waals surface area contributed by atoms with Crippen molar-refractivity contribution >= 4 is 6.29 Å². The van der Waals surface area contributed by atoms with Crippen molar-refractivity contribution in [3.63, 3.8) is 0 Å². The number of hydrogen-bond donors (Lipinski definition) is 1. The van der Waals surface area contributed by atoms with Gasteiger partial charge < -0.3 is 10.5 Å². The maximum Gasteiger partial charge on any atom is 0.124 e. The van der Waals surface area contributed by atoms with Gasteiger partial charge in [-0.2, -0.15) is 0 Å². The highest BCUT2D eigenvalue weighted by Crippen LogP contribution is 2.10. The van der Waals surface area contributed by atoms with Crippen molar-refractivity contribution < 1.29 is 4.79 Å². The van der Waals surface area contributed by atoms with Crippen LogP contribution in [0.25, 0.3) is 0 Å². The van der Waals surface area contributed by atoms with E-state index in [1.54, 1.807) is 0 Å². The molecule has 0 spiro atoms. The van der Waals surface area contributed by atoms with Gasteiger partial charge in [0.2, 0.25) is 0 Å². The lowest BCUT2D eigenvalue weighted by Crippen LogP contribution is -1.98. The molecule has 0 aliphatic carbocycles. The summed E-state index contributed by atoms with van der Waals surface area (Å²) in [6.45, 7) is 2.56. The molecule has 2 nitrogen and oxygen atoms in total. The lowest BCUT2D eigenvalue weighted by atomic mass is 10.0. The molecule has 1 rings (SSSR count). The first kappa shape index (κ1) is 8.94. The topological polar surface area (TPSA) is 43.1 Å². The Balaban J connectivity index is 2.94. The average molecular weight is 163 g/mol. The van der Waals surface area contributed by atoms with Gasteiger partial charge >= 0.3 is 0 Å². The van der Waals surface area contributed by atoms with Gasteiger partial charge in [-0.25, -0.2) is 0 Å². The summed E-state index contributed by atoms with van der Waals surface area (Å²) >= 11 is 0. The molecule has 64 valence electrons. The molecule has 0 saturated carbocycles. The van der Waals surface area contributed by atoms with Gasteiger partial charge in [0, 0.05) is 13.0 Å². The molecule has 0 atom stereocenters. The second-order valence-electron chi connectivity index (χ2n) is 2.84. The van der Waals surface area contributed by atoms with E-state index in [9.17, 15) is 4.79 Å². The number of aryl methyl sites for hydroxylation is 1. The van der Waals surface area contributed by atoms with Crippen molar-refractivity contribution in [2.75, 3.05) is 0 Å². The van der Waals surface area contributed by atoms with Crippen LogP contribution >= 0.6 is 0 Å². The number of carbonyl (C=O) groups excluding carboxylic acids is 1. The van der Waals surface area contributed by atoms with Crippen LogP contribution in [-0.2, 0) is 17.8 Å². The number of aldehydes is 1. The van der Waals surface area contributed by atoms with Crippen LogP contribution in [0.3, 0.4) is 0 Å². The Kier molecular flexibility index (Phi) is 3.00. The molecule has 0 heterocycles. The van der Waals surface area contributed by atoms with E-state index >= 15 is 0 Å². The lowest BCUT2D eigenvalue weighted by Gasteiger charge is -2.03. The van der Waals surface area contributed by atoms with Crippen LogP contribution in [0, 0.1) is 6.92 Å². The van der Waals surface area contributed by atoms with Gasteiger partial charge in [0.25, 0.3) is 0 Å². The van der Waals surface area contributed by atoms with E-state index < -0.39 is 0 Å². The van der Waals surface area contributed by atoms with Crippen LogP contribution in [0.1, 0.15) is 16.7 Å². The largest absolute Gasteiger partial charge is 0.326 e. The monoisotopic (exact) mass is 163 g/mol. The third-order valence-electron chi connectivity index (χ3n) is 1.95. The molecule has 1 aromatic rings. The molecule has 0 radical (unpaired) electrons. The quantitative estimate of drug-likeness (QED) is 0.680. The Hall–Kier alpha value is -1.15. The molecular weight excluding hydrogens is 150 g/mol. The molecule has 0 fully saturated rings. The van der Waals surface area contributed by atoms with Crippen LogP contribution in [0.4, 0.5) is 0 Å². The van der Waals surface area contributed by atoms with E-state index in [2.05, 4.69) is 0 Å². The maximum atomic E-state index is 10.3. The summed E-state index contributed by atoms with van der Waals surface area (Å²) in [5.41, 5.74) is 8.82. The fraction of sp³-hybridized carbons (Fsp3) is 0.300. The van der Waals surface area contributed by atoms with Gasteiger partial charge in [-0.1, -0.05) is 18.2 Å². The minimum Gasteiger partial charge on any atom is -0.326 e.